The number of nitrogens with one attached hydrogen (secondary N) is 1. The Morgan fingerprint density at radius 2 is 2.20 bits per heavy atom. The van der Waals surface area contributed by atoms with Gasteiger partial charge in [0.05, 0.1) is 12.6 Å². The summed E-state index contributed by atoms with van der Waals surface area (Å²) in [5.74, 6) is -0.375. The van der Waals surface area contributed by atoms with Gasteiger partial charge in [-0.25, -0.2) is 0 Å². The van der Waals surface area contributed by atoms with E-state index in [-0.39, 0.29) is 36.8 Å². The van der Waals surface area contributed by atoms with E-state index in [1.54, 1.807) is 27.3 Å². The van der Waals surface area contributed by atoms with Gasteiger partial charge in [0.25, 0.3) is 5.91 Å². The van der Waals surface area contributed by atoms with E-state index in [0.29, 0.717) is 18.8 Å². The Bertz CT molecular complexity index is 558. The normalized spacial score (nSPS) is 16.8. The van der Waals surface area contributed by atoms with Crippen LogP contribution in [0.1, 0.15) is 29.4 Å². The molecule has 1 aliphatic rings. The Hall–Kier alpha value is -1.64. The third-order valence-corrected chi connectivity index (χ3v) is 4.15. The molecule has 0 radical (unpaired) electrons. The van der Waals surface area contributed by atoms with E-state index in [4.69, 9.17) is 4.74 Å². The third-order valence-electron chi connectivity index (χ3n) is 4.15. The highest BCUT2D eigenvalue weighted by atomic mass is 35.5. The molecule has 1 aliphatic heterocycles. The lowest BCUT2D eigenvalue weighted by Crippen LogP contribution is -2.42. The number of hydrogen-bond acceptors (Lipinski definition) is 5. The maximum absolute atomic E-state index is 12.7. The van der Waals surface area contributed by atoms with Gasteiger partial charge >= 0.3 is 0 Å². The first-order chi connectivity index (χ1) is 11.5. The van der Waals surface area contributed by atoms with Gasteiger partial charge in [-0.15, -0.1) is 12.4 Å². The van der Waals surface area contributed by atoms with Gasteiger partial charge in [-0.05, 0) is 25.5 Å². The number of amides is 2. The Balaban J connectivity index is 0.00000312. The van der Waals surface area contributed by atoms with Gasteiger partial charge < -0.3 is 19.9 Å². The fourth-order valence-corrected chi connectivity index (χ4v) is 2.64. The monoisotopic (exact) mass is 373 g/mol. The Labute approximate surface area is 154 Å². The number of nitrogens with zero attached hydrogens (tertiary/aromatic N) is 4. The lowest BCUT2D eigenvalue weighted by Gasteiger charge is -2.24. The molecule has 1 N–H and O–H groups in total. The van der Waals surface area contributed by atoms with E-state index < -0.39 is 0 Å². The summed E-state index contributed by atoms with van der Waals surface area (Å²) >= 11 is 0. The van der Waals surface area contributed by atoms with Crippen molar-refractivity contribution in [3.63, 3.8) is 0 Å². The summed E-state index contributed by atoms with van der Waals surface area (Å²) in [6.45, 7) is 2.64. The van der Waals surface area contributed by atoms with Gasteiger partial charge in [-0.2, -0.15) is 5.10 Å². The number of hydrogen-bond donors (Lipinski definition) is 1. The number of carbonyl (C=O) groups excluding carboxylic acids is 2. The molecule has 0 saturated carbocycles. The van der Waals surface area contributed by atoms with E-state index >= 15 is 0 Å². The van der Waals surface area contributed by atoms with Crippen molar-refractivity contribution >= 4 is 24.2 Å². The molecule has 1 atom stereocenters. The predicted octanol–water partition coefficient (Wildman–Crippen LogP) is 0.406. The Morgan fingerprint density at radius 3 is 2.80 bits per heavy atom. The second-order valence-electron chi connectivity index (χ2n) is 6.19. The molecular formula is C16H28ClN5O3. The minimum atomic E-state index is -0.246. The molecule has 1 unspecified atom stereocenters. The average molecular weight is 374 g/mol. The molecule has 1 saturated heterocycles. The van der Waals surface area contributed by atoms with E-state index in [1.165, 1.54) is 9.80 Å². The zero-order valence-corrected chi connectivity index (χ0v) is 15.9. The fraction of sp³-hybridized carbons (Fsp3) is 0.688. The molecule has 1 aromatic rings. The molecular weight excluding hydrogens is 346 g/mol. The third kappa shape index (κ3) is 5.98. The predicted molar refractivity (Wildman–Crippen MR) is 97.1 cm³/mol. The number of halogens is 1. The topological polar surface area (TPSA) is 79.7 Å². The van der Waals surface area contributed by atoms with E-state index in [9.17, 15) is 9.59 Å². The van der Waals surface area contributed by atoms with Crippen LogP contribution in [0.15, 0.2) is 12.3 Å². The maximum atomic E-state index is 12.7. The molecule has 8 nitrogen and oxygen atoms in total. The van der Waals surface area contributed by atoms with Crippen molar-refractivity contribution in [2.75, 3.05) is 54.0 Å². The van der Waals surface area contributed by atoms with Crippen molar-refractivity contribution in [3.05, 3.63) is 18.0 Å². The Morgan fingerprint density at radius 1 is 1.44 bits per heavy atom. The summed E-state index contributed by atoms with van der Waals surface area (Å²) in [6.07, 6.45) is 3.99. The van der Waals surface area contributed by atoms with Gasteiger partial charge in [0.1, 0.15) is 12.2 Å². The van der Waals surface area contributed by atoms with Crippen LogP contribution in [-0.2, 0) is 9.53 Å². The fourth-order valence-electron chi connectivity index (χ4n) is 2.64. The van der Waals surface area contributed by atoms with Crippen LogP contribution in [0.5, 0.6) is 0 Å². The number of likely N-dealkylation sites (N-methyl/N-ethyl adjacent to an activating group) is 1. The van der Waals surface area contributed by atoms with E-state index in [2.05, 4.69) is 10.4 Å². The van der Waals surface area contributed by atoms with Crippen LogP contribution >= 0.6 is 12.4 Å². The summed E-state index contributed by atoms with van der Waals surface area (Å²) in [4.78, 5) is 27.6. The van der Waals surface area contributed by atoms with Crippen LogP contribution in [-0.4, -0.2) is 85.4 Å². The molecule has 0 spiro atoms. The van der Waals surface area contributed by atoms with Crippen molar-refractivity contribution < 1.29 is 14.3 Å². The molecule has 9 heteroatoms. The van der Waals surface area contributed by atoms with Gasteiger partial charge in [-0.3, -0.25) is 14.3 Å². The average Bonchev–Trinajstić information content (AvgIpc) is 3.08. The largest absolute Gasteiger partial charge is 0.383 e. The highest BCUT2D eigenvalue weighted by molar-refractivity contribution is 5.94. The van der Waals surface area contributed by atoms with Gasteiger partial charge in [0, 0.05) is 40.5 Å². The summed E-state index contributed by atoms with van der Waals surface area (Å²) in [7, 11) is 4.92. The van der Waals surface area contributed by atoms with Crippen LogP contribution in [0.3, 0.4) is 0 Å². The number of aromatic nitrogens is 2. The maximum Gasteiger partial charge on any atom is 0.274 e. The standard InChI is InChI=1S/C16H27N5O3.ClH/c1-19(2)15(22)12-20(9-10-24-3)16(23)14-6-8-21(18-14)13-5-4-7-17-11-13;/h6,8,13,17H,4-5,7,9-12H2,1-3H3;1H. The van der Waals surface area contributed by atoms with Crippen LogP contribution in [0.25, 0.3) is 0 Å². The zero-order chi connectivity index (χ0) is 17.5. The molecule has 1 aromatic heterocycles. The number of methoxy groups -OCH3 is 1. The first-order valence-electron chi connectivity index (χ1n) is 8.27. The smallest absolute Gasteiger partial charge is 0.274 e. The second kappa shape index (κ2) is 10.4. The van der Waals surface area contributed by atoms with Gasteiger partial charge in [0.2, 0.25) is 5.91 Å². The quantitative estimate of drug-likeness (QED) is 0.748. The highest BCUT2D eigenvalue weighted by Crippen LogP contribution is 2.16. The van der Waals surface area contributed by atoms with Crippen LogP contribution in [0.2, 0.25) is 0 Å². The first kappa shape index (κ1) is 21.4. The van der Waals surface area contributed by atoms with E-state index in [0.717, 1.165) is 25.9 Å². The van der Waals surface area contributed by atoms with Crippen molar-refractivity contribution in [3.8, 4) is 0 Å². The van der Waals surface area contributed by atoms with Crippen molar-refractivity contribution in [1.29, 1.82) is 0 Å². The molecule has 0 bridgehead atoms. The zero-order valence-electron chi connectivity index (χ0n) is 15.1. The summed E-state index contributed by atoms with van der Waals surface area (Å²) < 4.78 is 6.90. The number of piperidine rings is 1. The van der Waals surface area contributed by atoms with Crippen molar-refractivity contribution in [1.82, 2.24) is 24.9 Å². The van der Waals surface area contributed by atoms with Crippen LogP contribution < -0.4 is 5.32 Å². The number of ether oxygens (including phenoxy) is 1. The molecule has 25 heavy (non-hydrogen) atoms. The summed E-state index contributed by atoms with van der Waals surface area (Å²) in [5.41, 5.74) is 0.364. The minimum absolute atomic E-state index is 0. The molecule has 0 aliphatic carbocycles. The lowest BCUT2D eigenvalue weighted by atomic mass is 10.1. The first-order valence-corrected chi connectivity index (χ1v) is 8.27. The molecule has 2 amide bonds. The lowest BCUT2D eigenvalue weighted by molar-refractivity contribution is -0.129. The molecule has 0 aromatic carbocycles. The van der Waals surface area contributed by atoms with Crippen LogP contribution in [0.4, 0.5) is 0 Å². The summed E-state index contributed by atoms with van der Waals surface area (Å²) in [5, 5.41) is 7.77. The van der Waals surface area contributed by atoms with Gasteiger partial charge in [-0.1, -0.05) is 0 Å². The molecule has 1 fully saturated rings. The van der Waals surface area contributed by atoms with E-state index in [1.807, 2.05) is 10.9 Å². The Kier molecular flexibility index (Phi) is 8.88. The highest BCUT2D eigenvalue weighted by Gasteiger charge is 2.23. The molecule has 2 heterocycles. The summed E-state index contributed by atoms with van der Waals surface area (Å²) in [6, 6.07) is 1.99. The molecule has 2 rings (SSSR count). The number of rotatable bonds is 7. The van der Waals surface area contributed by atoms with Crippen molar-refractivity contribution in [2.45, 2.75) is 18.9 Å². The molecule has 142 valence electrons. The van der Waals surface area contributed by atoms with Crippen LogP contribution in [0, 0.1) is 0 Å². The van der Waals surface area contributed by atoms with Crippen molar-refractivity contribution in [2.24, 2.45) is 0 Å². The number of carbonyl (C=O) groups is 2. The minimum Gasteiger partial charge on any atom is -0.383 e. The second-order valence-corrected chi connectivity index (χ2v) is 6.19. The van der Waals surface area contributed by atoms with Gasteiger partial charge in [0.15, 0.2) is 0 Å². The SMILES string of the molecule is COCCN(CC(=O)N(C)C)C(=O)c1ccn(C2CCCNC2)n1.Cl.